The van der Waals surface area contributed by atoms with Crippen molar-refractivity contribution in [1.29, 1.82) is 0 Å². The van der Waals surface area contributed by atoms with Crippen molar-refractivity contribution < 1.29 is 0 Å². The van der Waals surface area contributed by atoms with Crippen LogP contribution in [0.5, 0.6) is 0 Å². The average Bonchev–Trinajstić information content (AvgIpc) is 3.22. The van der Waals surface area contributed by atoms with E-state index in [9.17, 15) is 0 Å². The molecular weight excluding hydrogens is 472 g/mol. The van der Waals surface area contributed by atoms with Gasteiger partial charge in [0, 0.05) is 43.8 Å². The van der Waals surface area contributed by atoms with Crippen molar-refractivity contribution in [1.82, 2.24) is 24.4 Å². The number of hydrogen-bond acceptors (Lipinski definition) is 7. The van der Waals surface area contributed by atoms with Crippen LogP contribution in [0.3, 0.4) is 0 Å². The molecule has 0 bridgehead atoms. The second kappa shape index (κ2) is 10.5. The molecule has 0 saturated heterocycles. The molecule has 2 heterocycles. The molecule has 0 aliphatic heterocycles. The van der Waals surface area contributed by atoms with Gasteiger partial charge in [-0.1, -0.05) is 48.5 Å². The predicted molar refractivity (Wildman–Crippen MR) is 158 cm³/mol. The molecule has 0 amide bonds. The summed E-state index contributed by atoms with van der Waals surface area (Å²) in [6, 6.07) is 22.7. The third-order valence-corrected chi connectivity index (χ3v) is 6.86. The largest absolute Gasteiger partial charge is 0.397 e. The molecule has 38 heavy (non-hydrogen) atoms. The number of rotatable bonds is 8. The minimum Gasteiger partial charge on any atom is -0.397 e. The van der Waals surface area contributed by atoms with Gasteiger partial charge in [-0.2, -0.15) is 4.98 Å². The highest BCUT2D eigenvalue weighted by atomic mass is 15.2. The predicted octanol–water partition coefficient (Wildman–Crippen LogP) is 5.33. The van der Waals surface area contributed by atoms with Crippen LogP contribution in [0.15, 0.2) is 73.1 Å². The lowest BCUT2D eigenvalue weighted by atomic mass is 10.0. The summed E-state index contributed by atoms with van der Waals surface area (Å²) >= 11 is 0. The summed E-state index contributed by atoms with van der Waals surface area (Å²) in [5.74, 6) is 1.09. The Morgan fingerprint density at radius 3 is 2.42 bits per heavy atom. The van der Waals surface area contributed by atoms with Gasteiger partial charge in [-0.15, -0.1) is 0 Å². The van der Waals surface area contributed by atoms with E-state index in [4.69, 9.17) is 10.7 Å². The lowest BCUT2D eigenvalue weighted by molar-refractivity contribution is 0.416. The highest BCUT2D eigenvalue weighted by molar-refractivity contribution is 6.03. The van der Waals surface area contributed by atoms with Crippen molar-refractivity contribution in [2.24, 2.45) is 7.05 Å². The normalized spacial score (nSPS) is 11.3. The molecule has 5 aromatic rings. The first-order chi connectivity index (χ1) is 18.3. The molecule has 0 unspecified atom stereocenters. The monoisotopic (exact) mass is 506 g/mol. The molecule has 5 rings (SSSR count). The molecule has 8 heteroatoms. The van der Waals surface area contributed by atoms with E-state index in [-0.39, 0.29) is 0 Å². The fourth-order valence-corrected chi connectivity index (χ4v) is 4.80. The summed E-state index contributed by atoms with van der Waals surface area (Å²) in [5, 5.41) is 4.47. The number of para-hydroxylation sites is 1. The summed E-state index contributed by atoms with van der Waals surface area (Å²) in [7, 11) is 8.28. The van der Waals surface area contributed by atoms with Crippen LogP contribution >= 0.6 is 0 Å². The zero-order chi connectivity index (χ0) is 26.8. The summed E-state index contributed by atoms with van der Waals surface area (Å²) in [6.07, 6.45) is 1.56. The average molecular weight is 507 g/mol. The molecule has 0 atom stereocenters. The molecule has 0 aliphatic carbocycles. The van der Waals surface area contributed by atoms with Crippen LogP contribution in [0.4, 0.5) is 23.0 Å². The number of nitrogens with one attached hydrogen (secondary N) is 1. The van der Waals surface area contributed by atoms with Gasteiger partial charge in [0.1, 0.15) is 6.33 Å². The number of aryl methyl sites for hydroxylation is 2. The highest BCUT2D eigenvalue weighted by Crippen LogP contribution is 2.39. The summed E-state index contributed by atoms with van der Waals surface area (Å²) in [4.78, 5) is 18.2. The van der Waals surface area contributed by atoms with Gasteiger partial charge in [-0.25, -0.2) is 9.97 Å². The van der Waals surface area contributed by atoms with E-state index in [0.29, 0.717) is 17.5 Å². The maximum Gasteiger partial charge on any atom is 0.230 e. The lowest BCUT2D eigenvalue weighted by Crippen LogP contribution is -2.29. The van der Waals surface area contributed by atoms with Crippen LogP contribution in [0, 0.1) is 6.92 Å². The minimum atomic E-state index is 0.471. The molecular formula is C30H34N8. The van der Waals surface area contributed by atoms with Crippen molar-refractivity contribution in [3.05, 3.63) is 78.6 Å². The van der Waals surface area contributed by atoms with E-state index in [1.165, 1.54) is 0 Å². The third-order valence-electron chi connectivity index (χ3n) is 6.86. The van der Waals surface area contributed by atoms with Crippen LogP contribution in [-0.2, 0) is 7.05 Å². The topological polar surface area (TPSA) is 88.1 Å². The fourth-order valence-electron chi connectivity index (χ4n) is 4.80. The molecule has 0 radical (unpaired) electrons. The van der Waals surface area contributed by atoms with E-state index in [0.717, 1.165) is 57.8 Å². The van der Waals surface area contributed by atoms with Gasteiger partial charge in [0.25, 0.3) is 0 Å². The van der Waals surface area contributed by atoms with Gasteiger partial charge in [0.2, 0.25) is 5.95 Å². The molecule has 0 spiro atoms. The quantitative estimate of drug-likeness (QED) is 0.275. The molecule has 0 fully saturated rings. The SMILES string of the molecule is Cc1cc(N(C)CCN(C)C)c(N)cc1Nc1ncnc(-c2c(-c3ccccc3)n(C)c3ccccc23)n1. The Kier molecular flexibility index (Phi) is 6.98. The fraction of sp³-hybridized carbons (Fsp3) is 0.233. The molecule has 0 saturated carbocycles. The number of aromatic nitrogens is 4. The van der Waals surface area contributed by atoms with Crippen LogP contribution in [0.2, 0.25) is 0 Å². The van der Waals surface area contributed by atoms with Crippen molar-refractivity contribution >= 4 is 33.9 Å². The number of nitrogens with two attached hydrogens (primary N) is 1. The summed E-state index contributed by atoms with van der Waals surface area (Å²) in [6.45, 7) is 3.89. The third kappa shape index (κ3) is 4.90. The molecule has 0 aliphatic rings. The first kappa shape index (κ1) is 25.2. The van der Waals surface area contributed by atoms with E-state index in [2.05, 4.69) is 101 Å². The van der Waals surface area contributed by atoms with E-state index >= 15 is 0 Å². The summed E-state index contributed by atoms with van der Waals surface area (Å²) in [5.41, 5.74) is 14.4. The van der Waals surface area contributed by atoms with E-state index < -0.39 is 0 Å². The Morgan fingerprint density at radius 2 is 1.66 bits per heavy atom. The van der Waals surface area contributed by atoms with Crippen molar-refractivity contribution in [3.8, 4) is 22.6 Å². The van der Waals surface area contributed by atoms with Gasteiger partial charge >= 0.3 is 0 Å². The first-order valence-electron chi connectivity index (χ1n) is 12.7. The summed E-state index contributed by atoms with van der Waals surface area (Å²) < 4.78 is 2.20. The van der Waals surface area contributed by atoms with Gasteiger partial charge in [0.15, 0.2) is 5.82 Å². The second-order valence-electron chi connectivity index (χ2n) is 9.87. The standard InChI is InChI=1S/C30H34N8/c1-20-17-26(37(4)16-15-36(2)3)23(31)18-24(20)34-30-33-19-32-29(35-30)27-22-13-9-10-14-25(22)38(5)28(27)21-11-7-6-8-12-21/h6-14,17-19H,15-16,31H2,1-5H3,(H,32,33,34,35). The zero-order valence-electron chi connectivity index (χ0n) is 22.6. The van der Waals surface area contributed by atoms with Crippen molar-refractivity contribution in [3.63, 3.8) is 0 Å². The van der Waals surface area contributed by atoms with Crippen LogP contribution < -0.4 is 16.0 Å². The lowest BCUT2D eigenvalue weighted by Gasteiger charge is -2.24. The molecule has 3 N–H and O–H groups in total. The van der Waals surface area contributed by atoms with Gasteiger partial charge in [0.05, 0.1) is 22.6 Å². The molecule has 194 valence electrons. The number of hydrogen-bond donors (Lipinski definition) is 2. The Balaban J connectivity index is 1.52. The number of fused-ring (bicyclic) bond motifs is 1. The maximum absolute atomic E-state index is 6.47. The second-order valence-corrected chi connectivity index (χ2v) is 9.87. The van der Waals surface area contributed by atoms with E-state index in [1.54, 1.807) is 6.33 Å². The number of benzene rings is 3. The Labute approximate surface area is 223 Å². The van der Waals surface area contributed by atoms with Gasteiger partial charge in [-0.05, 0) is 50.3 Å². The number of nitrogen functional groups attached to an aromatic ring is 1. The van der Waals surface area contributed by atoms with Crippen molar-refractivity contribution in [2.75, 3.05) is 50.2 Å². The van der Waals surface area contributed by atoms with Crippen molar-refractivity contribution in [2.45, 2.75) is 6.92 Å². The molecule has 3 aromatic carbocycles. The number of anilines is 4. The number of likely N-dealkylation sites (N-methyl/N-ethyl adjacent to an activating group) is 2. The number of nitrogens with zero attached hydrogens (tertiary/aromatic N) is 6. The Bertz CT molecular complexity index is 1570. The van der Waals surface area contributed by atoms with Gasteiger partial charge < -0.3 is 25.4 Å². The van der Waals surface area contributed by atoms with Crippen LogP contribution in [-0.4, -0.2) is 58.7 Å². The van der Waals surface area contributed by atoms with Crippen LogP contribution in [0.1, 0.15) is 5.56 Å². The molecule has 8 nitrogen and oxygen atoms in total. The minimum absolute atomic E-state index is 0.471. The van der Waals surface area contributed by atoms with E-state index in [1.807, 2.05) is 30.3 Å². The maximum atomic E-state index is 6.47. The molecule has 2 aromatic heterocycles. The Morgan fingerprint density at radius 1 is 0.921 bits per heavy atom. The van der Waals surface area contributed by atoms with Crippen LogP contribution in [0.25, 0.3) is 33.5 Å². The smallest absolute Gasteiger partial charge is 0.230 e. The Hall–Kier alpha value is -4.43. The zero-order valence-corrected chi connectivity index (χ0v) is 22.6. The highest BCUT2D eigenvalue weighted by Gasteiger charge is 2.21. The van der Waals surface area contributed by atoms with Gasteiger partial charge in [-0.3, -0.25) is 0 Å². The first-order valence-corrected chi connectivity index (χ1v) is 12.7.